The first kappa shape index (κ1) is 8.30. The quantitative estimate of drug-likeness (QED) is 0.666. The van der Waals surface area contributed by atoms with E-state index < -0.39 is 6.10 Å². The van der Waals surface area contributed by atoms with Crippen LogP contribution in [0.2, 0.25) is 0 Å². The maximum absolute atomic E-state index is 9.34. The summed E-state index contributed by atoms with van der Waals surface area (Å²) in [5.74, 6) is 1.56. The van der Waals surface area contributed by atoms with E-state index in [1.165, 1.54) is 0 Å². The van der Waals surface area contributed by atoms with Crippen LogP contribution in [0.4, 0.5) is 0 Å². The van der Waals surface area contributed by atoms with Crippen LogP contribution in [0, 0.1) is 13.8 Å². The summed E-state index contributed by atoms with van der Waals surface area (Å²) in [6.07, 6.45) is -0.590. The molecule has 1 atom stereocenters. The molecule has 0 saturated carbocycles. The fourth-order valence-electron chi connectivity index (χ4n) is 1.11. The van der Waals surface area contributed by atoms with Gasteiger partial charge in [0.05, 0.1) is 6.10 Å². The minimum atomic E-state index is -0.590. The van der Waals surface area contributed by atoms with Gasteiger partial charge in [0.1, 0.15) is 11.5 Å². The highest BCUT2D eigenvalue weighted by molar-refractivity contribution is 5.22. The first-order chi connectivity index (χ1) is 5.15. The Morgan fingerprint density at radius 1 is 1.64 bits per heavy atom. The van der Waals surface area contributed by atoms with Crippen LogP contribution in [-0.2, 0) is 0 Å². The van der Waals surface area contributed by atoms with Crippen LogP contribution < -0.4 is 5.73 Å². The van der Waals surface area contributed by atoms with Gasteiger partial charge in [-0.1, -0.05) is 0 Å². The minimum Gasteiger partial charge on any atom is -0.466 e. The van der Waals surface area contributed by atoms with Crippen LogP contribution in [0.3, 0.4) is 0 Å². The number of aliphatic hydroxyl groups excluding tert-OH is 1. The van der Waals surface area contributed by atoms with E-state index in [0.717, 1.165) is 17.1 Å². The Hall–Kier alpha value is -0.800. The van der Waals surface area contributed by atoms with Crippen molar-refractivity contribution in [2.75, 3.05) is 6.54 Å². The van der Waals surface area contributed by atoms with Crippen molar-refractivity contribution < 1.29 is 9.52 Å². The number of aryl methyl sites for hydroxylation is 2. The van der Waals surface area contributed by atoms with Crippen LogP contribution in [-0.4, -0.2) is 11.7 Å². The summed E-state index contributed by atoms with van der Waals surface area (Å²) < 4.78 is 5.22. The van der Waals surface area contributed by atoms with E-state index in [0.29, 0.717) is 0 Å². The zero-order chi connectivity index (χ0) is 8.43. The molecule has 0 aliphatic carbocycles. The molecule has 0 saturated heterocycles. The molecule has 62 valence electrons. The second kappa shape index (κ2) is 3.07. The van der Waals surface area contributed by atoms with Gasteiger partial charge in [-0.25, -0.2) is 0 Å². The second-order valence-electron chi connectivity index (χ2n) is 2.62. The fourth-order valence-corrected chi connectivity index (χ4v) is 1.11. The number of aliphatic hydroxyl groups is 1. The van der Waals surface area contributed by atoms with E-state index in [2.05, 4.69) is 0 Å². The summed E-state index contributed by atoms with van der Waals surface area (Å²) in [4.78, 5) is 0. The Balaban J connectivity index is 2.93. The van der Waals surface area contributed by atoms with Crippen LogP contribution in [0.25, 0.3) is 0 Å². The summed E-state index contributed by atoms with van der Waals surface area (Å²) in [6, 6.07) is 1.81. The van der Waals surface area contributed by atoms with Gasteiger partial charge in [-0.05, 0) is 19.9 Å². The number of hydrogen-bond donors (Lipinski definition) is 2. The van der Waals surface area contributed by atoms with Gasteiger partial charge in [0.25, 0.3) is 0 Å². The average Bonchev–Trinajstić information content (AvgIpc) is 2.28. The highest BCUT2D eigenvalue weighted by atomic mass is 16.3. The van der Waals surface area contributed by atoms with Gasteiger partial charge >= 0.3 is 0 Å². The molecule has 0 fully saturated rings. The molecule has 0 spiro atoms. The number of rotatable bonds is 2. The molecule has 3 N–H and O–H groups in total. The van der Waals surface area contributed by atoms with Gasteiger partial charge in [-0.3, -0.25) is 0 Å². The van der Waals surface area contributed by atoms with Gasteiger partial charge in [-0.15, -0.1) is 0 Å². The fraction of sp³-hybridized carbons (Fsp3) is 0.500. The molecular formula is C8H13NO2. The van der Waals surface area contributed by atoms with Crippen LogP contribution in [0.1, 0.15) is 23.2 Å². The van der Waals surface area contributed by atoms with Gasteiger partial charge in [-0.2, -0.15) is 0 Å². The van der Waals surface area contributed by atoms with Crippen molar-refractivity contribution in [2.45, 2.75) is 20.0 Å². The Labute approximate surface area is 65.8 Å². The smallest absolute Gasteiger partial charge is 0.106 e. The number of hydrogen-bond acceptors (Lipinski definition) is 3. The van der Waals surface area contributed by atoms with Crippen LogP contribution >= 0.6 is 0 Å². The Morgan fingerprint density at radius 2 is 2.27 bits per heavy atom. The van der Waals surface area contributed by atoms with Gasteiger partial charge in [0, 0.05) is 12.1 Å². The second-order valence-corrected chi connectivity index (χ2v) is 2.62. The average molecular weight is 155 g/mol. The van der Waals surface area contributed by atoms with Gasteiger partial charge < -0.3 is 15.3 Å². The van der Waals surface area contributed by atoms with E-state index in [1.54, 1.807) is 0 Å². The zero-order valence-electron chi connectivity index (χ0n) is 6.79. The van der Waals surface area contributed by atoms with Crippen molar-refractivity contribution in [1.82, 2.24) is 0 Å². The van der Waals surface area contributed by atoms with Gasteiger partial charge in [0.2, 0.25) is 0 Å². The molecule has 1 rings (SSSR count). The molecule has 3 nitrogen and oxygen atoms in total. The van der Waals surface area contributed by atoms with Crippen molar-refractivity contribution in [1.29, 1.82) is 0 Å². The van der Waals surface area contributed by atoms with Crippen molar-refractivity contribution in [3.05, 3.63) is 23.2 Å². The molecular weight excluding hydrogens is 142 g/mol. The number of nitrogens with two attached hydrogens (primary N) is 1. The minimum absolute atomic E-state index is 0.236. The maximum atomic E-state index is 9.34. The SMILES string of the molecule is Cc1cc([C@@H](O)CN)c(C)o1. The monoisotopic (exact) mass is 155 g/mol. The molecule has 11 heavy (non-hydrogen) atoms. The largest absolute Gasteiger partial charge is 0.466 e. The van der Waals surface area contributed by atoms with Crippen molar-refractivity contribution in [3.63, 3.8) is 0 Å². The molecule has 1 aromatic heterocycles. The summed E-state index contributed by atoms with van der Waals surface area (Å²) >= 11 is 0. The zero-order valence-corrected chi connectivity index (χ0v) is 6.79. The maximum Gasteiger partial charge on any atom is 0.106 e. The van der Waals surface area contributed by atoms with E-state index in [9.17, 15) is 5.11 Å². The summed E-state index contributed by atoms with van der Waals surface area (Å²) in [5, 5.41) is 9.34. The predicted octanol–water partition coefficient (Wildman–Crippen LogP) is 0.889. The molecule has 0 bridgehead atoms. The lowest BCUT2D eigenvalue weighted by Crippen LogP contribution is -2.11. The van der Waals surface area contributed by atoms with E-state index in [1.807, 2.05) is 19.9 Å². The molecule has 0 aromatic carbocycles. The molecule has 0 radical (unpaired) electrons. The molecule has 1 heterocycles. The summed E-state index contributed by atoms with van der Waals surface area (Å²) in [5.41, 5.74) is 6.09. The predicted molar refractivity (Wildman–Crippen MR) is 42.2 cm³/mol. The lowest BCUT2D eigenvalue weighted by Gasteiger charge is -2.03. The normalized spacial score (nSPS) is 13.5. The molecule has 0 amide bonds. The molecule has 1 aromatic rings. The lowest BCUT2D eigenvalue weighted by molar-refractivity contribution is 0.184. The van der Waals surface area contributed by atoms with Crippen molar-refractivity contribution >= 4 is 0 Å². The lowest BCUT2D eigenvalue weighted by atomic mass is 10.1. The number of furan rings is 1. The topological polar surface area (TPSA) is 59.4 Å². The third-order valence-corrected chi connectivity index (χ3v) is 1.66. The Morgan fingerprint density at radius 3 is 2.64 bits per heavy atom. The van der Waals surface area contributed by atoms with Gasteiger partial charge in [0.15, 0.2) is 0 Å². The van der Waals surface area contributed by atoms with Crippen LogP contribution in [0.5, 0.6) is 0 Å². The van der Waals surface area contributed by atoms with E-state index >= 15 is 0 Å². The first-order valence-electron chi connectivity index (χ1n) is 3.60. The highest BCUT2D eigenvalue weighted by Gasteiger charge is 2.11. The van der Waals surface area contributed by atoms with Crippen molar-refractivity contribution in [3.8, 4) is 0 Å². The molecule has 0 aliphatic rings. The molecule has 3 heteroatoms. The third-order valence-electron chi connectivity index (χ3n) is 1.66. The van der Waals surface area contributed by atoms with E-state index in [4.69, 9.17) is 10.2 Å². The third kappa shape index (κ3) is 1.61. The highest BCUT2D eigenvalue weighted by Crippen LogP contribution is 2.20. The Kier molecular flexibility index (Phi) is 2.31. The summed E-state index contributed by atoms with van der Waals surface area (Å²) in [7, 11) is 0. The summed E-state index contributed by atoms with van der Waals surface area (Å²) in [6.45, 7) is 3.90. The molecule has 0 aliphatic heterocycles. The van der Waals surface area contributed by atoms with Crippen LogP contribution in [0.15, 0.2) is 10.5 Å². The first-order valence-corrected chi connectivity index (χ1v) is 3.60. The standard InChI is InChI=1S/C8H13NO2/c1-5-3-7(6(2)11-5)8(10)4-9/h3,8,10H,4,9H2,1-2H3/t8-/m0/s1. The van der Waals surface area contributed by atoms with Crippen molar-refractivity contribution in [2.24, 2.45) is 5.73 Å². The Bertz CT molecular complexity index is 242. The van der Waals surface area contributed by atoms with E-state index in [-0.39, 0.29) is 6.54 Å². The molecule has 0 unspecified atom stereocenters.